The number of rotatable bonds is 11. The number of hydrogen-bond donors (Lipinski definition) is 1. The molecule has 0 aromatic heterocycles. The van der Waals surface area contributed by atoms with E-state index in [1.807, 2.05) is 0 Å². The first kappa shape index (κ1) is 37.2. The average Bonchev–Trinajstić information content (AvgIpc) is 3.48. The van der Waals surface area contributed by atoms with Crippen LogP contribution in [0.4, 0.5) is 22.4 Å². The van der Waals surface area contributed by atoms with Crippen molar-refractivity contribution in [2.45, 2.75) is 89.4 Å². The van der Waals surface area contributed by atoms with Crippen molar-refractivity contribution < 1.29 is 70.2 Å². The second kappa shape index (κ2) is 15.4. The Morgan fingerprint density at radius 1 is 0.884 bits per heavy atom. The van der Waals surface area contributed by atoms with Gasteiger partial charge in [-0.15, -0.1) is 0 Å². The molecule has 1 aromatic rings. The van der Waals surface area contributed by atoms with Crippen molar-refractivity contribution in [3.8, 4) is 0 Å². The second-order valence-corrected chi connectivity index (χ2v) is 15.0. The summed E-state index contributed by atoms with van der Waals surface area (Å²) in [6.07, 6.45) is -6.92. The Bertz CT molecular complexity index is 1090. The number of aliphatic hydroxyl groups is 1. The van der Waals surface area contributed by atoms with Gasteiger partial charge in [0.25, 0.3) is 0 Å². The molecule has 0 spiro atoms. The third-order valence-electron chi connectivity index (χ3n) is 5.83. The van der Waals surface area contributed by atoms with E-state index in [9.17, 15) is 37.1 Å². The summed E-state index contributed by atoms with van der Waals surface area (Å²) < 4.78 is 90.7. The van der Waals surface area contributed by atoms with Crippen LogP contribution in [0.1, 0.15) is 41.5 Å². The normalized spacial score (nSPS) is 22.5. The Morgan fingerprint density at radius 2 is 1.35 bits per heavy atom. The van der Waals surface area contributed by atoms with E-state index in [4.69, 9.17) is 23.7 Å². The van der Waals surface area contributed by atoms with Crippen LogP contribution >= 0.6 is 0 Å². The van der Waals surface area contributed by atoms with Gasteiger partial charge < -0.3 is 19.3 Å². The summed E-state index contributed by atoms with van der Waals surface area (Å²) >= 11 is -2.18. The number of benzene rings is 1. The predicted octanol–water partition coefficient (Wildman–Crippen LogP) is 2.30. The van der Waals surface area contributed by atoms with Crippen molar-refractivity contribution in [2.24, 2.45) is 0 Å². The molecular weight excluding hydrogens is 785 g/mol. The molecule has 0 radical (unpaired) electrons. The van der Waals surface area contributed by atoms with Crippen LogP contribution in [0.15, 0.2) is 30.3 Å². The summed E-state index contributed by atoms with van der Waals surface area (Å²) in [4.78, 5) is 35.0. The standard InChI is InChI=1S/C11H15F2O6.C10H16F2O5.C6H5.Bi.H/c1-4-16-9(15)11(12,13)8(17-6-14)7-5-18-10(2,3)19-7;1-4-15-8(14)10(11,12)7(13)6-5-16-9(2,3)17-6;1-2-4-6-5-3-1;;/h7-8H,4-5H2,1-3H3;6-7,13H,4-5H2,1-3H3;1-5H;;/t7-,8?;6-,7?;;;/m11.../s1. The van der Waals surface area contributed by atoms with Crippen molar-refractivity contribution in [1.29, 1.82) is 0 Å². The van der Waals surface area contributed by atoms with Gasteiger partial charge in [0.15, 0.2) is 11.9 Å². The Balaban J connectivity index is 0.000000329. The average molecular weight is 823 g/mol. The molecule has 16 heteroatoms. The van der Waals surface area contributed by atoms with Crippen molar-refractivity contribution in [3.05, 3.63) is 30.3 Å². The molecule has 2 fully saturated rings. The molecule has 0 bridgehead atoms. The van der Waals surface area contributed by atoms with Crippen LogP contribution in [0.25, 0.3) is 0 Å². The van der Waals surface area contributed by atoms with Crippen molar-refractivity contribution in [1.82, 2.24) is 0 Å². The van der Waals surface area contributed by atoms with E-state index in [-0.39, 0.29) is 26.4 Å². The number of aliphatic hydroxyl groups excluding tert-OH is 1. The van der Waals surface area contributed by atoms with Crippen LogP contribution in [0.2, 0.25) is 0 Å². The Kier molecular flexibility index (Phi) is 13.3. The molecule has 1 N–H and O–H groups in total. The van der Waals surface area contributed by atoms with E-state index in [0.717, 1.165) is 3.27 Å². The zero-order valence-electron chi connectivity index (χ0n) is 24.6. The van der Waals surface area contributed by atoms with Gasteiger partial charge in [0.05, 0.1) is 13.2 Å². The number of alkyl halides is 4. The zero-order valence-corrected chi connectivity index (χ0v) is 28.5. The second-order valence-electron chi connectivity index (χ2n) is 10.2. The molecule has 2 unspecified atom stereocenters. The molecule has 0 amide bonds. The summed E-state index contributed by atoms with van der Waals surface area (Å²) in [5.74, 6) is -13.7. The van der Waals surface area contributed by atoms with E-state index in [0.29, 0.717) is 0 Å². The zero-order chi connectivity index (χ0) is 32.6. The van der Waals surface area contributed by atoms with Gasteiger partial charge in [-0.05, 0) is 20.8 Å². The number of hydrogen-bond acceptors (Lipinski definition) is 11. The fourth-order valence-electron chi connectivity index (χ4n) is 3.83. The molecule has 2 saturated heterocycles. The van der Waals surface area contributed by atoms with E-state index in [2.05, 4.69) is 9.47 Å². The van der Waals surface area contributed by atoms with E-state index < -0.39 is 86.7 Å². The molecule has 1 aromatic carbocycles. The summed E-state index contributed by atoms with van der Waals surface area (Å²) in [7, 11) is 0. The molecule has 244 valence electrons. The molecule has 2 aliphatic rings. The first-order valence-corrected chi connectivity index (χ1v) is 17.2. The SMILES string of the molecule is CCOC(=O)C(F)(F)C(O)[C@H]1COC(C)(C)O1.CCOC(=O)C(F)(F)C(O[C](=O)[BiH][c]1ccccc1)[C@H]1COC(C)(C)O1. The fraction of sp³-hybridized carbons (Fsp3) is 0.667. The number of halogens is 4. The molecule has 2 aliphatic heterocycles. The van der Waals surface area contributed by atoms with Crippen LogP contribution in [-0.2, 0) is 42.7 Å². The number of carbonyl (C=O) groups excluding carboxylic acids is 3. The molecule has 43 heavy (non-hydrogen) atoms. The Labute approximate surface area is 258 Å². The van der Waals surface area contributed by atoms with Crippen molar-refractivity contribution in [2.75, 3.05) is 26.4 Å². The van der Waals surface area contributed by atoms with Gasteiger partial charge in [0.2, 0.25) is 0 Å². The molecule has 2 heterocycles. The minimum atomic E-state index is -4.04. The summed E-state index contributed by atoms with van der Waals surface area (Å²) in [6.45, 7) is 8.15. The Hall–Kier alpha value is -1.97. The maximum atomic E-state index is 14.6. The minimum absolute atomic E-state index is 0.186. The molecule has 4 atom stereocenters. The first-order chi connectivity index (χ1) is 19.9. The quantitative estimate of drug-likeness (QED) is 0.153. The van der Waals surface area contributed by atoms with Gasteiger partial charge in [0.1, 0.15) is 6.10 Å². The van der Waals surface area contributed by atoms with Gasteiger partial charge in [-0.3, -0.25) is 0 Å². The third-order valence-corrected chi connectivity index (χ3v) is 9.50. The fourth-order valence-corrected chi connectivity index (χ4v) is 6.86. The molecule has 0 saturated carbocycles. The monoisotopic (exact) mass is 822 g/mol. The number of carbonyl (C=O) groups is 3. The topological polar surface area (TPSA) is 136 Å². The van der Waals surface area contributed by atoms with Crippen LogP contribution in [0.3, 0.4) is 0 Å². The van der Waals surface area contributed by atoms with E-state index in [1.165, 1.54) is 27.7 Å². The van der Waals surface area contributed by atoms with Crippen LogP contribution < -0.4 is 3.27 Å². The third kappa shape index (κ3) is 10.6. The van der Waals surface area contributed by atoms with Crippen LogP contribution in [-0.4, -0.2) is 118 Å². The molecule has 0 aliphatic carbocycles. The van der Waals surface area contributed by atoms with Crippen molar-refractivity contribution >= 4 is 42.1 Å². The number of ether oxygens (including phenoxy) is 7. The predicted molar refractivity (Wildman–Crippen MR) is 142 cm³/mol. The Morgan fingerprint density at radius 3 is 1.79 bits per heavy atom. The van der Waals surface area contributed by atoms with Crippen LogP contribution in [0.5, 0.6) is 0 Å². The maximum absolute atomic E-state index is 14.6. The van der Waals surface area contributed by atoms with E-state index in [1.54, 1.807) is 44.2 Å². The first-order valence-electron chi connectivity index (χ1n) is 13.3. The number of esters is 2. The van der Waals surface area contributed by atoms with E-state index >= 15 is 0 Å². The molecule has 11 nitrogen and oxygen atoms in total. The van der Waals surface area contributed by atoms with Gasteiger partial charge in [-0.2, -0.15) is 8.78 Å². The van der Waals surface area contributed by atoms with Gasteiger partial charge in [-0.25, -0.2) is 4.79 Å². The summed E-state index contributed by atoms with van der Waals surface area (Å²) in [6, 6.07) is 8.82. The summed E-state index contributed by atoms with van der Waals surface area (Å²) in [5.41, 5.74) is 0. The van der Waals surface area contributed by atoms with Gasteiger partial charge >= 0.3 is 174 Å². The van der Waals surface area contributed by atoms with Gasteiger partial charge in [-0.1, -0.05) is 0 Å². The summed E-state index contributed by atoms with van der Waals surface area (Å²) in [5, 5.41) is 9.45. The van der Waals surface area contributed by atoms with Crippen molar-refractivity contribution in [3.63, 3.8) is 0 Å². The van der Waals surface area contributed by atoms with Crippen LogP contribution in [0, 0.1) is 0 Å². The molecular formula is C27H37BiF4O11. The molecule has 3 rings (SSSR count). The van der Waals surface area contributed by atoms with Gasteiger partial charge in [0, 0.05) is 0 Å².